The Kier molecular flexibility index (Phi) is 4.94. The van der Waals surface area contributed by atoms with Gasteiger partial charge in [-0.1, -0.05) is 18.9 Å². The van der Waals surface area contributed by atoms with Gasteiger partial charge in [0, 0.05) is 30.6 Å². The highest BCUT2D eigenvalue weighted by Gasteiger charge is 2.29. The summed E-state index contributed by atoms with van der Waals surface area (Å²) in [6.07, 6.45) is 5.93. The van der Waals surface area contributed by atoms with Gasteiger partial charge in [0.2, 0.25) is 5.91 Å². The lowest BCUT2D eigenvalue weighted by Gasteiger charge is -2.32. The Balaban J connectivity index is 1.51. The van der Waals surface area contributed by atoms with Crippen molar-refractivity contribution >= 4 is 11.8 Å². The van der Waals surface area contributed by atoms with E-state index in [2.05, 4.69) is 5.32 Å². The van der Waals surface area contributed by atoms with Crippen LogP contribution in [0.4, 0.5) is 4.39 Å². The second-order valence-corrected chi connectivity index (χ2v) is 6.57. The van der Waals surface area contributed by atoms with Crippen molar-refractivity contribution in [1.29, 1.82) is 0 Å². The van der Waals surface area contributed by atoms with Gasteiger partial charge in [0.25, 0.3) is 5.91 Å². The maximum Gasteiger partial charge on any atom is 0.253 e. The van der Waals surface area contributed by atoms with Gasteiger partial charge >= 0.3 is 0 Å². The summed E-state index contributed by atoms with van der Waals surface area (Å²) in [5.74, 6) is -0.428. The molecule has 0 bridgehead atoms. The smallest absolute Gasteiger partial charge is 0.253 e. The number of rotatable bonds is 3. The van der Waals surface area contributed by atoms with E-state index in [1.807, 2.05) is 0 Å². The van der Waals surface area contributed by atoms with Crippen LogP contribution >= 0.6 is 0 Å². The third-order valence-corrected chi connectivity index (χ3v) is 4.93. The summed E-state index contributed by atoms with van der Waals surface area (Å²) < 4.78 is 13.2. The molecule has 1 aliphatic carbocycles. The van der Waals surface area contributed by atoms with Gasteiger partial charge in [-0.3, -0.25) is 9.59 Å². The lowest BCUT2D eigenvalue weighted by atomic mass is 9.95. The predicted octanol–water partition coefficient (Wildman–Crippen LogP) is 2.74. The molecule has 124 valence electrons. The SMILES string of the molecule is O=C(NC1CCCC1)C1CCN(C(=O)c2cccc(F)c2)CC1. The molecular weight excluding hydrogens is 295 g/mol. The molecule has 1 saturated carbocycles. The van der Waals surface area contributed by atoms with E-state index < -0.39 is 5.82 Å². The van der Waals surface area contributed by atoms with Crippen LogP contribution in [0.5, 0.6) is 0 Å². The lowest BCUT2D eigenvalue weighted by Crippen LogP contribution is -2.44. The number of amides is 2. The average molecular weight is 318 g/mol. The first-order valence-corrected chi connectivity index (χ1v) is 8.49. The molecule has 0 aromatic heterocycles. The fourth-order valence-corrected chi connectivity index (χ4v) is 3.54. The molecule has 23 heavy (non-hydrogen) atoms. The lowest BCUT2D eigenvalue weighted by molar-refractivity contribution is -0.127. The predicted molar refractivity (Wildman–Crippen MR) is 85.4 cm³/mol. The van der Waals surface area contributed by atoms with Crippen molar-refractivity contribution in [2.45, 2.75) is 44.6 Å². The number of nitrogens with one attached hydrogen (secondary N) is 1. The Morgan fingerprint density at radius 2 is 1.78 bits per heavy atom. The summed E-state index contributed by atoms with van der Waals surface area (Å²) in [7, 11) is 0. The number of hydrogen-bond donors (Lipinski definition) is 1. The minimum absolute atomic E-state index is 0.00726. The zero-order valence-corrected chi connectivity index (χ0v) is 13.3. The molecule has 1 aromatic carbocycles. The standard InChI is InChI=1S/C18H23FN2O2/c19-15-5-3-4-14(12-15)18(23)21-10-8-13(9-11-21)17(22)20-16-6-1-2-7-16/h3-5,12-13,16H,1-2,6-11H2,(H,20,22). The van der Waals surface area contributed by atoms with Crippen LogP contribution in [0.2, 0.25) is 0 Å². The normalized spacial score (nSPS) is 19.8. The van der Waals surface area contributed by atoms with E-state index in [1.165, 1.54) is 25.0 Å². The molecule has 5 heteroatoms. The highest BCUT2D eigenvalue weighted by atomic mass is 19.1. The van der Waals surface area contributed by atoms with E-state index >= 15 is 0 Å². The van der Waals surface area contributed by atoms with Crippen molar-refractivity contribution in [2.75, 3.05) is 13.1 Å². The highest BCUT2D eigenvalue weighted by molar-refractivity contribution is 5.94. The number of nitrogens with zero attached hydrogens (tertiary/aromatic N) is 1. The van der Waals surface area contributed by atoms with Gasteiger partial charge < -0.3 is 10.2 Å². The Bertz CT molecular complexity index is 576. The van der Waals surface area contributed by atoms with Crippen molar-refractivity contribution in [2.24, 2.45) is 5.92 Å². The van der Waals surface area contributed by atoms with Gasteiger partial charge in [-0.2, -0.15) is 0 Å². The number of benzene rings is 1. The van der Waals surface area contributed by atoms with E-state index in [0.29, 0.717) is 37.5 Å². The summed E-state index contributed by atoms with van der Waals surface area (Å²) in [4.78, 5) is 26.4. The van der Waals surface area contributed by atoms with Crippen molar-refractivity contribution < 1.29 is 14.0 Å². The zero-order valence-electron chi connectivity index (χ0n) is 13.3. The fourth-order valence-electron chi connectivity index (χ4n) is 3.54. The molecule has 4 nitrogen and oxygen atoms in total. The maximum atomic E-state index is 13.2. The van der Waals surface area contributed by atoms with E-state index in [-0.39, 0.29) is 17.7 Å². The summed E-state index contributed by atoms with van der Waals surface area (Å²) in [5.41, 5.74) is 0.374. The Morgan fingerprint density at radius 3 is 2.43 bits per heavy atom. The zero-order chi connectivity index (χ0) is 16.2. The van der Waals surface area contributed by atoms with Crippen LogP contribution in [0.15, 0.2) is 24.3 Å². The molecule has 3 rings (SSSR count). The molecule has 1 aromatic rings. The number of piperidine rings is 1. The number of carbonyl (C=O) groups excluding carboxylic acids is 2. The Morgan fingerprint density at radius 1 is 1.09 bits per heavy atom. The van der Waals surface area contributed by atoms with E-state index in [1.54, 1.807) is 17.0 Å². The summed E-state index contributed by atoms with van der Waals surface area (Å²) in [6, 6.07) is 6.11. The molecule has 0 atom stereocenters. The number of halogens is 1. The number of carbonyl (C=O) groups is 2. The first-order valence-electron chi connectivity index (χ1n) is 8.49. The summed E-state index contributed by atoms with van der Waals surface area (Å²) >= 11 is 0. The third kappa shape index (κ3) is 3.89. The second-order valence-electron chi connectivity index (χ2n) is 6.57. The molecule has 0 unspecified atom stereocenters. The molecule has 1 N–H and O–H groups in total. The maximum absolute atomic E-state index is 13.2. The van der Waals surface area contributed by atoms with Crippen LogP contribution in [0.3, 0.4) is 0 Å². The second kappa shape index (κ2) is 7.11. The quantitative estimate of drug-likeness (QED) is 0.931. The van der Waals surface area contributed by atoms with Gasteiger partial charge in [-0.05, 0) is 43.9 Å². The van der Waals surface area contributed by atoms with Crippen LogP contribution in [-0.2, 0) is 4.79 Å². The molecule has 1 aliphatic heterocycles. The van der Waals surface area contributed by atoms with Crippen molar-refractivity contribution in [3.8, 4) is 0 Å². The molecule has 1 saturated heterocycles. The molecule has 2 amide bonds. The molecular formula is C18H23FN2O2. The molecule has 0 radical (unpaired) electrons. The van der Waals surface area contributed by atoms with Gasteiger partial charge in [0.1, 0.15) is 5.82 Å². The molecule has 0 spiro atoms. The van der Waals surface area contributed by atoms with Gasteiger partial charge in [-0.25, -0.2) is 4.39 Å². The average Bonchev–Trinajstić information content (AvgIpc) is 3.07. The monoisotopic (exact) mass is 318 g/mol. The molecule has 2 aliphatic rings. The minimum atomic E-state index is -0.401. The highest BCUT2D eigenvalue weighted by Crippen LogP contribution is 2.22. The topological polar surface area (TPSA) is 49.4 Å². The van der Waals surface area contributed by atoms with Crippen LogP contribution in [-0.4, -0.2) is 35.8 Å². The van der Waals surface area contributed by atoms with Gasteiger partial charge in [0.15, 0.2) is 0 Å². The first-order chi connectivity index (χ1) is 11.1. The number of hydrogen-bond acceptors (Lipinski definition) is 2. The van der Waals surface area contributed by atoms with Crippen molar-refractivity contribution in [3.05, 3.63) is 35.6 Å². The van der Waals surface area contributed by atoms with E-state index in [9.17, 15) is 14.0 Å². The largest absolute Gasteiger partial charge is 0.353 e. The van der Waals surface area contributed by atoms with E-state index in [0.717, 1.165) is 12.8 Å². The van der Waals surface area contributed by atoms with Gasteiger partial charge in [0.05, 0.1) is 0 Å². The first kappa shape index (κ1) is 16.0. The minimum Gasteiger partial charge on any atom is -0.353 e. The molecule has 1 heterocycles. The summed E-state index contributed by atoms with van der Waals surface area (Å²) in [6.45, 7) is 1.11. The van der Waals surface area contributed by atoms with Crippen molar-refractivity contribution in [3.63, 3.8) is 0 Å². The van der Waals surface area contributed by atoms with Crippen molar-refractivity contribution in [1.82, 2.24) is 10.2 Å². The van der Waals surface area contributed by atoms with Crippen LogP contribution in [0, 0.1) is 11.7 Å². The van der Waals surface area contributed by atoms with E-state index in [4.69, 9.17) is 0 Å². The third-order valence-electron chi connectivity index (χ3n) is 4.93. The fraction of sp³-hybridized carbons (Fsp3) is 0.556. The van der Waals surface area contributed by atoms with Crippen LogP contribution < -0.4 is 5.32 Å². The Hall–Kier alpha value is -1.91. The Labute approximate surface area is 136 Å². The van der Waals surface area contributed by atoms with Gasteiger partial charge in [-0.15, -0.1) is 0 Å². The summed E-state index contributed by atoms with van der Waals surface area (Å²) in [5, 5.41) is 3.14. The van der Waals surface area contributed by atoms with Crippen LogP contribution in [0.1, 0.15) is 48.9 Å². The molecule has 2 fully saturated rings. The number of likely N-dealkylation sites (tertiary alicyclic amines) is 1. The van der Waals surface area contributed by atoms with Crippen LogP contribution in [0.25, 0.3) is 0 Å².